The van der Waals surface area contributed by atoms with Gasteiger partial charge in [-0.1, -0.05) is 32.0 Å². The quantitative estimate of drug-likeness (QED) is 0.673. The first-order valence-corrected chi connectivity index (χ1v) is 5.44. The van der Waals surface area contributed by atoms with Crippen molar-refractivity contribution in [2.24, 2.45) is 0 Å². The average Bonchev–Trinajstić information content (AvgIpc) is 2.21. The van der Waals surface area contributed by atoms with Gasteiger partial charge in [-0.2, -0.15) is 0 Å². The van der Waals surface area contributed by atoms with Gasteiger partial charge in [0.05, 0.1) is 0 Å². The van der Waals surface area contributed by atoms with Crippen molar-refractivity contribution in [2.45, 2.75) is 13.8 Å². The van der Waals surface area contributed by atoms with Gasteiger partial charge >= 0.3 is 0 Å². The van der Waals surface area contributed by atoms with Gasteiger partial charge in [-0.25, -0.2) is 0 Å². The first-order valence-electron chi connectivity index (χ1n) is 4.59. The van der Waals surface area contributed by atoms with Gasteiger partial charge in [-0.05, 0) is 12.1 Å². The lowest BCUT2D eigenvalue weighted by Crippen LogP contribution is -2.13. The molecule has 0 radical (unpaired) electrons. The Morgan fingerprint density at radius 1 is 1.15 bits per heavy atom. The lowest BCUT2D eigenvalue weighted by Gasteiger charge is -2.17. The largest absolute Gasteiger partial charge is 0.461 e. The van der Waals surface area contributed by atoms with E-state index in [4.69, 9.17) is 4.52 Å². The number of benzene rings is 1. The summed E-state index contributed by atoms with van der Waals surface area (Å²) in [6, 6.07) is 9.93. The zero-order valence-electron chi connectivity index (χ0n) is 8.16. The minimum absolute atomic E-state index is 0.434. The van der Waals surface area contributed by atoms with Crippen LogP contribution in [0.2, 0.25) is 0 Å². The number of hydrogen-bond donors (Lipinski definition) is 0. The Morgan fingerprint density at radius 2 is 1.77 bits per heavy atom. The van der Waals surface area contributed by atoms with Gasteiger partial charge < -0.3 is 4.52 Å². The van der Waals surface area contributed by atoms with Crippen LogP contribution in [-0.2, 0) is 0 Å². The molecule has 0 saturated heterocycles. The average molecular weight is 197 g/mol. The van der Waals surface area contributed by atoms with Crippen LogP contribution < -0.4 is 4.52 Å². The van der Waals surface area contributed by atoms with E-state index in [-0.39, 0.29) is 0 Å². The van der Waals surface area contributed by atoms with E-state index >= 15 is 0 Å². The molecule has 1 unspecified atom stereocenters. The second-order valence-corrected chi connectivity index (χ2v) is 3.70. The second-order valence-electron chi connectivity index (χ2n) is 2.68. The van der Waals surface area contributed by atoms with Crippen molar-refractivity contribution in [3.05, 3.63) is 30.3 Å². The smallest absolute Gasteiger partial charge is 0.149 e. The highest BCUT2D eigenvalue weighted by atomic mass is 31.1. The third-order valence-electron chi connectivity index (χ3n) is 1.80. The van der Waals surface area contributed by atoms with Crippen LogP contribution in [0.3, 0.4) is 0 Å². The van der Waals surface area contributed by atoms with E-state index < -0.39 is 0 Å². The van der Waals surface area contributed by atoms with Crippen molar-refractivity contribution in [1.29, 1.82) is 0 Å². The molecule has 0 amide bonds. The molecule has 0 aliphatic heterocycles. The molecule has 1 rings (SSSR count). The normalized spacial score (nSPS) is 11.3. The zero-order chi connectivity index (χ0) is 9.52. The second kappa shape index (κ2) is 5.95. The molecule has 2 nitrogen and oxygen atoms in total. The Kier molecular flexibility index (Phi) is 4.81. The summed E-state index contributed by atoms with van der Waals surface area (Å²) >= 11 is 0. The number of rotatable bonds is 5. The summed E-state index contributed by atoms with van der Waals surface area (Å²) in [7, 11) is 0.434. The van der Waals surface area contributed by atoms with E-state index in [9.17, 15) is 0 Å². The molecular formula is C10H16NOP. The van der Waals surface area contributed by atoms with Crippen molar-refractivity contribution >= 4 is 8.96 Å². The highest BCUT2D eigenvalue weighted by Gasteiger charge is 1.99. The molecule has 0 spiro atoms. The molecule has 0 bridgehead atoms. The van der Waals surface area contributed by atoms with Crippen LogP contribution in [0, 0.1) is 0 Å². The maximum absolute atomic E-state index is 5.60. The first-order chi connectivity index (χ1) is 6.36. The third kappa shape index (κ3) is 3.75. The number of nitrogens with zero attached hydrogens (tertiary/aromatic N) is 1. The minimum atomic E-state index is 0.434. The van der Waals surface area contributed by atoms with Crippen LogP contribution in [0.25, 0.3) is 0 Å². The van der Waals surface area contributed by atoms with Gasteiger partial charge in [0.2, 0.25) is 0 Å². The molecule has 72 valence electrons. The van der Waals surface area contributed by atoms with E-state index in [1.165, 1.54) is 0 Å². The molecule has 0 aromatic heterocycles. The third-order valence-corrected chi connectivity index (χ3v) is 3.02. The van der Waals surface area contributed by atoms with Crippen LogP contribution in [0.1, 0.15) is 13.8 Å². The zero-order valence-corrected chi connectivity index (χ0v) is 9.16. The maximum atomic E-state index is 5.60. The highest BCUT2D eigenvalue weighted by molar-refractivity contribution is 7.29. The molecule has 0 aliphatic rings. The Labute approximate surface area is 81.8 Å². The fraction of sp³-hybridized carbons (Fsp3) is 0.400. The van der Waals surface area contributed by atoms with Gasteiger partial charge in [0.15, 0.2) is 0 Å². The van der Waals surface area contributed by atoms with Crippen LogP contribution in [0.4, 0.5) is 0 Å². The molecule has 0 fully saturated rings. The summed E-state index contributed by atoms with van der Waals surface area (Å²) in [5.41, 5.74) is 0. The van der Waals surface area contributed by atoms with Crippen LogP contribution in [0.15, 0.2) is 30.3 Å². The standard InChI is InChI=1S/C10H16NOP/c1-3-11(4-2)13-12-10-8-6-5-7-9-10/h5-9,13H,3-4H2,1-2H3. The summed E-state index contributed by atoms with van der Waals surface area (Å²) in [6.07, 6.45) is 0. The van der Waals surface area contributed by atoms with E-state index in [2.05, 4.69) is 18.5 Å². The predicted octanol–water partition coefficient (Wildman–Crippen LogP) is 2.92. The van der Waals surface area contributed by atoms with Crippen LogP contribution in [0.5, 0.6) is 5.75 Å². The first kappa shape index (κ1) is 10.5. The molecule has 0 saturated carbocycles. The minimum Gasteiger partial charge on any atom is -0.461 e. The molecule has 1 aromatic carbocycles. The molecule has 1 aromatic rings. The summed E-state index contributed by atoms with van der Waals surface area (Å²) in [5, 5.41) is 0. The van der Waals surface area contributed by atoms with Gasteiger partial charge in [0, 0.05) is 13.1 Å². The highest BCUT2D eigenvalue weighted by Crippen LogP contribution is 2.23. The predicted molar refractivity (Wildman–Crippen MR) is 58.3 cm³/mol. The SMILES string of the molecule is CCN(CC)POc1ccccc1. The van der Waals surface area contributed by atoms with Gasteiger partial charge in [-0.15, -0.1) is 0 Å². The van der Waals surface area contributed by atoms with Crippen molar-refractivity contribution in [2.75, 3.05) is 13.1 Å². The Hall–Kier alpha value is -0.590. The molecule has 13 heavy (non-hydrogen) atoms. The number of hydrogen-bond acceptors (Lipinski definition) is 2. The molecule has 1 atom stereocenters. The molecular weight excluding hydrogens is 181 g/mol. The fourth-order valence-corrected chi connectivity index (χ4v) is 1.59. The lowest BCUT2D eigenvalue weighted by molar-refractivity contribution is 0.464. The molecule has 0 heterocycles. The topological polar surface area (TPSA) is 12.5 Å². The Balaban J connectivity index is 2.34. The molecule has 0 aliphatic carbocycles. The summed E-state index contributed by atoms with van der Waals surface area (Å²) in [4.78, 5) is 0. The van der Waals surface area contributed by atoms with Crippen LogP contribution >= 0.6 is 8.96 Å². The van der Waals surface area contributed by atoms with Crippen molar-refractivity contribution in [1.82, 2.24) is 4.67 Å². The van der Waals surface area contributed by atoms with E-state index in [1.54, 1.807) is 0 Å². The van der Waals surface area contributed by atoms with Crippen LogP contribution in [-0.4, -0.2) is 17.8 Å². The van der Waals surface area contributed by atoms with Crippen molar-refractivity contribution in [3.8, 4) is 5.75 Å². The summed E-state index contributed by atoms with van der Waals surface area (Å²) < 4.78 is 7.86. The van der Waals surface area contributed by atoms with Gasteiger partial charge in [-0.3, -0.25) is 4.67 Å². The van der Waals surface area contributed by atoms with E-state index in [1.807, 2.05) is 30.3 Å². The summed E-state index contributed by atoms with van der Waals surface area (Å²) in [5.74, 6) is 0.952. The maximum Gasteiger partial charge on any atom is 0.149 e. The van der Waals surface area contributed by atoms with Crippen molar-refractivity contribution in [3.63, 3.8) is 0 Å². The monoisotopic (exact) mass is 197 g/mol. The van der Waals surface area contributed by atoms with E-state index in [0.717, 1.165) is 18.8 Å². The molecule has 3 heteroatoms. The van der Waals surface area contributed by atoms with E-state index in [0.29, 0.717) is 8.96 Å². The fourth-order valence-electron chi connectivity index (χ4n) is 0.958. The Morgan fingerprint density at radius 3 is 2.31 bits per heavy atom. The summed E-state index contributed by atoms with van der Waals surface area (Å²) in [6.45, 7) is 6.37. The van der Waals surface area contributed by atoms with Gasteiger partial charge in [0.1, 0.15) is 14.7 Å². The Bertz CT molecular complexity index is 224. The molecule has 0 N–H and O–H groups in total. The number of para-hydroxylation sites is 1. The van der Waals surface area contributed by atoms with Crippen molar-refractivity contribution < 1.29 is 4.52 Å². The van der Waals surface area contributed by atoms with Gasteiger partial charge in [0.25, 0.3) is 0 Å². The lowest BCUT2D eigenvalue weighted by atomic mass is 10.3.